The van der Waals surface area contributed by atoms with Crippen LogP contribution in [0.3, 0.4) is 0 Å². The van der Waals surface area contributed by atoms with Crippen molar-refractivity contribution < 1.29 is 18.7 Å². The fraction of sp³-hybridized carbons (Fsp3) is 0.500. The van der Waals surface area contributed by atoms with Crippen LogP contribution >= 0.6 is 11.6 Å². The molecule has 0 bridgehead atoms. The van der Waals surface area contributed by atoms with Gasteiger partial charge in [-0.1, -0.05) is 11.6 Å². The van der Waals surface area contributed by atoms with Crippen LogP contribution in [0.4, 0.5) is 4.39 Å². The third-order valence-corrected chi connectivity index (χ3v) is 3.24. The van der Waals surface area contributed by atoms with E-state index in [0.717, 1.165) is 0 Å². The van der Waals surface area contributed by atoms with Crippen LogP contribution < -0.4 is 0 Å². The van der Waals surface area contributed by atoms with Gasteiger partial charge in [-0.15, -0.1) is 0 Å². The molecule has 4 nitrogen and oxygen atoms in total. The van der Waals surface area contributed by atoms with Crippen molar-refractivity contribution in [3.63, 3.8) is 0 Å². The molecule has 1 aromatic rings. The van der Waals surface area contributed by atoms with Crippen LogP contribution in [-0.2, 0) is 20.8 Å². The highest BCUT2D eigenvalue weighted by atomic mass is 35.5. The number of carbonyl (C=O) groups is 1. The normalized spacial score (nSPS) is 10.8. The summed E-state index contributed by atoms with van der Waals surface area (Å²) in [6.07, 6.45) is 0.271. The van der Waals surface area contributed by atoms with Gasteiger partial charge in [0.05, 0.1) is 20.1 Å². The molecule has 0 spiro atoms. The first-order chi connectivity index (χ1) is 9.56. The molecule has 0 aromatic heterocycles. The van der Waals surface area contributed by atoms with Gasteiger partial charge in [0.2, 0.25) is 0 Å². The van der Waals surface area contributed by atoms with Crippen LogP contribution in [0.1, 0.15) is 12.0 Å². The van der Waals surface area contributed by atoms with Crippen molar-refractivity contribution in [1.29, 1.82) is 0 Å². The molecule has 0 aliphatic rings. The molecule has 0 heterocycles. The third kappa shape index (κ3) is 5.86. The molecule has 0 saturated heterocycles. The SMILES string of the molecule is COCCN(CCC(=O)OC)Cc1cc(F)ccc1Cl. The Morgan fingerprint density at radius 2 is 2.10 bits per heavy atom. The van der Waals surface area contributed by atoms with E-state index in [0.29, 0.717) is 36.8 Å². The lowest BCUT2D eigenvalue weighted by atomic mass is 10.2. The van der Waals surface area contributed by atoms with Crippen molar-refractivity contribution in [3.8, 4) is 0 Å². The van der Waals surface area contributed by atoms with E-state index in [1.54, 1.807) is 7.11 Å². The van der Waals surface area contributed by atoms with Crippen LogP contribution in [0.25, 0.3) is 0 Å². The van der Waals surface area contributed by atoms with E-state index < -0.39 is 0 Å². The van der Waals surface area contributed by atoms with Gasteiger partial charge in [-0.2, -0.15) is 0 Å². The van der Waals surface area contributed by atoms with E-state index in [-0.39, 0.29) is 18.2 Å². The van der Waals surface area contributed by atoms with E-state index in [9.17, 15) is 9.18 Å². The Morgan fingerprint density at radius 1 is 1.35 bits per heavy atom. The lowest BCUT2D eigenvalue weighted by molar-refractivity contribution is -0.141. The number of halogens is 2. The zero-order chi connectivity index (χ0) is 15.0. The molecule has 0 N–H and O–H groups in total. The summed E-state index contributed by atoms with van der Waals surface area (Å²) in [7, 11) is 2.96. The van der Waals surface area contributed by atoms with Crippen molar-refractivity contribution in [1.82, 2.24) is 4.90 Å². The van der Waals surface area contributed by atoms with E-state index >= 15 is 0 Å². The average Bonchev–Trinajstić information content (AvgIpc) is 2.45. The van der Waals surface area contributed by atoms with Crippen molar-refractivity contribution >= 4 is 17.6 Å². The highest BCUT2D eigenvalue weighted by Crippen LogP contribution is 2.19. The van der Waals surface area contributed by atoms with Gasteiger partial charge in [0.25, 0.3) is 0 Å². The zero-order valence-electron chi connectivity index (χ0n) is 11.7. The summed E-state index contributed by atoms with van der Waals surface area (Å²) in [5.74, 6) is -0.609. The molecular weight excluding hydrogens is 285 g/mol. The highest BCUT2D eigenvalue weighted by molar-refractivity contribution is 6.31. The molecule has 0 aliphatic carbocycles. The number of nitrogens with zero attached hydrogens (tertiary/aromatic N) is 1. The Morgan fingerprint density at radius 3 is 2.75 bits per heavy atom. The first-order valence-electron chi connectivity index (χ1n) is 6.29. The van der Waals surface area contributed by atoms with E-state index in [2.05, 4.69) is 4.74 Å². The first kappa shape index (κ1) is 16.9. The maximum absolute atomic E-state index is 13.2. The molecule has 0 amide bonds. The van der Waals surface area contributed by atoms with Gasteiger partial charge in [0, 0.05) is 31.8 Å². The fourth-order valence-electron chi connectivity index (χ4n) is 1.75. The van der Waals surface area contributed by atoms with E-state index in [1.165, 1.54) is 25.3 Å². The van der Waals surface area contributed by atoms with Crippen molar-refractivity contribution in [3.05, 3.63) is 34.6 Å². The van der Waals surface area contributed by atoms with Gasteiger partial charge in [-0.3, -0.25) is 9.69 Å². The van der Waals surface area contributed by atoms with Crippen molar-refractivity contribution in [2.45, 2.75) is 13.0 Å². The number of ether oxygens (including phenoxy) is 2. The third-order valence-electron chi connectivity index (χ3n) is 2.87. The van der Waals surface area contributed by atoms with Crippen molar-refractivity contribution in [2.24, 2.45) is 0 Å². The van der Waals surface area contributed by atoms with Gasteiger partial charge < -0.3 is 9.47 Å². The number of benzene rings is 1. The quantitative estimate of drug-likeness (QED) is 0.692. The first-order valence-corrected chi connectivity index (χ1v) is 6.66. The Kier molecular flexibility index (Phi) is 7.51. The van der Waals surface area contributed by atoms with Crippen molar-refractivity contribution in [2.75, 3.05) is 33.9 Å². The lowest BCUT2D eigenvalue weighted by Gasteiger charge is -2.22. The minimum Gasteiger partial charge on any atom is -0.469 e. The molecule has 0 saturated carbocycles. The highest BCUT2D eigenvalue weighted by Gasteiger charge is 2.11. The Bertz CT molecular complexity index is 442. The van der Waals surface area contributed by atoms with Gasteiger partial charge in [-0.05, 0) is 23.8 Å². The van der Waals surface area contributed by atoms with Crippen LogP contribution in [0.2, 0.25) is 5.02 Å². The fourth-order valence-corrected chi connectivity index (χ4v) is 1.92. The Balaban J connectivity index is 2.67. The summed E-state index contributed by atoms with van der Waals surface area (Å²) in [4.78, 5) is 13.2. The van der Waals surface area contributed by atoms with Crippen LogP contribution in [0.5, 0.6) is 0 Å². The molecule has 1 rings (SSSR count). The predicted molar refractivity (Wildman–Crippen MR) is 75.2 cm³/mol. The van der Waals surface area contributed by atoms with Crippen LogP contribution in [0.15, 0.2) is 18.2 Å². The monoisotopic (exact) mass is 303 g/mol. The molecule has 0 fully saturated rings. The molecule has 0 aliphatic heterocycles. The lowest BCUT2D eigenvalue weighted by Crippen LogP contribution is -2.29. The summed E-state index contributed by atoms with van der Waals surface area (Å²) in [6, 6.07) is 4.25. The molecule has 6 heteroatoms. The molecule has 0 radical (unpaired) electrons. The number of esters is 1. The molecule has 0 atom stereocenters. The van der Waals surface area contributed by atoms with Gasteiger partial charge in [0.15, 0.2) is 0 Å². The predicted octanol–water partition coefficient (Wildman–Crippen LogP) is 2.49. The van der Waals surface area contributed by atoms with Crippen LogP contribution in [0, 0.1) is 5.82 Å². The summed E-state index contributed by atoms with van der Waals surface area (Å²) < 4.78 is 22.9. The topological polar surface area (TPSA) is 38.8 Å². The Labute approximate surface area is 123 Å². The van der Waals surface area contributed by atoms with Crippen LogP contribution in [-0.4, -0.2) is 44.8 Å². The van der Waals surface area contributed by atoms with E-state index in [1.807, 2.05) is 4.90 Å². The van der Waals surface area contributed by atoms with Gasteiger partial charge in [0.1, 0.15) is 5.82 Å². The molecule has 0 unspecified atom stereocenters. The number of hydrogen-bond donors (Lipinski definition) is 0. The van der Waals surface area contributed by atoms with Gasteiger partial charge in [-0.25, -0.2) is 4.39 Å². The number of methoxy groups -OCH3 is 2. The maximum Gasteiger partial charge on any atom is 0.306 e. The van der Waals surface area contributed by atoms with E-state index in [4.69, 9.17) is 16.3 Å². The number of carbonyl (C=O) groups excluding carboxylic acids is 1. The minimum absolute atomic E-state index is 0.271. The second kappa shape index (κ2) is 8.89. The summed E-state index contributed by atoms with van der Waals surface area (Å²) in [5, 5.41) is 0.506. The molecule has 20 heavy (non-hydrogen) atoms. The molecular formula is C14H19ClFNO3. The maximum atomic E-state index is 13.2. The second-order valence-corrected chi connectivity index (χ2v) is 4.74. The zero-order valence-corrected chi connectivity index (χ0v) is 12.5. The molecule has 112 valence electrons. The summed E-state index contributed by atoms with van der Waals surface area (Å²) >= 11 is 6.05. The second-order valence-electron chi connectivity index (χ2n) is 4.33. The largest absolute Gasteiger partial charge is 0.469 e. The number of hydrogen-bond acceptors (Lipinski definition) is 4. The molecule has 1 aromatic carbocycles. The Hall–Kier alpha value is -1.17. The minimum atomic E-state index is -0.330. The van der Waals surface area contributed by atoms with Gasteiger partial charge >= 0.3 is 5.97 Å². The summed E-state index contributed by atoms with van der Waals surface area (Å²) in [5.41, 5.74) is 0.688. The smallest absolute Gasteiger partial charge is 0.306 e. The summed E-state index contributed by atoms with van der Waals surface area (Å²) in [6.45, 7) is 2.11. The number of rotatable bonds is 8. The standard InChI is InChI=1S/C14H19ClFNO3/c1-19-8-7-17(6-5-14(18)20-2)10-11-9-12(16)3-4-13(11)15/h3-4,9H,5-8,10H2,1-2H3. The average molecular weight is 304 g/mol.